The molecule has 7 N–H and O–H groups in total. The highest BCUT2D eigenvalue weighted by atomic mass is 16.7. The Kier molecular flexibility index (Phi) is 8.65. The lowest BCUT2D eigenvalue weighted by Crippen LogP contribution is -2.60. The number of ether oxygens (including phenoxy) is 5. The minimum atomic E-state index is -1.62. The summed E-state index contributed by atoms with van der Waals surface area (Å²) >= 11 is 0. The third-order valence-electron chi connectivity index (χ3n) is 6.92. The molecular formula is C26H34O12. The standard InChI is InChI=1S/C26H34O12/c1-34-18-8-14(4-5-16(18)29)24-15(11-27)10-26(33,38-24)9-13-3-6-17(19(7-13)35-2)36-25-23(32)22(31)21(30)20(12-28)37-25/h3-8,15,20-25,27-33H,9-12H2,1-2H3/t15-,20-,21-,22+,23-,24-,25-,26-/m1/s1. The lowest BCUT2D eigenvalue weighted by atomic mass is 9.92. The summed E-state index contributed by atoms with van der Waals surface area (Å²) < 4.78 is 27.7. The zero-order valence-electron chi connectivity index (χ0n) is 21.0. The maximum absolute atomic E-state index is 11.3. The summed E-state index contributed by atoms with van der Waals surface area (Å²) in [5.74, 6) is -1.43. The highest BCUT2D eigenvalue weighted by molar-refractivity contribution is 5.44. The minimum Gasteiger partial charge on any atom is -0.504 e. The van der Waals surface area contributed by atoms with Crippen LogP contribution in [0.25, 0.3) is 0 Å². The van der Waals surface area contributed by atoms with Gasteiger partial charge in [0.1, 0.15) is 24.4 Å². The van der Waals surface area contributed by atoms with Crippen molar-refractivity contribution in [1.82, 2.24) is 0 Å². The Bertz CT molecular complexity index is 1090. The van der Waals surface area contributed by atoms with Gasteiger partial charge in [-0.25, -0.2) is 0 Å². The quantitative estimate of drug-likeness (QED) is 0.219. The first-order chi connectivity index (χ1) is 18.1. The van der Waals surface area contributed by atoms with Gasteiger partial charge in [-0.2, -0.15) is 0 Å². The van der Waals surface area contributed by atoms with E-state index in [-0.39, 0.29) is 42.4 Å². The number of benzene rings is 2. The van der Waals surface area contributed by atoms with Crippen molar-refractivity contribution in [1.29, 1.82) is 0 Å². The first kappa shape index (κ1) is 28.3. The molecule has 2 aromatic rings. The molecule has 12 nitrogen and oxygen atoms in total. The van der Waals surface area contributed by atoms with Crippen LogP contribution in [0.1, 0.15) is 23.7 Å². The number of hydrogen-bond donors (Lipinski definition) is 7. The van der Waals surface area contributed by atoms with E-state index in [2.05, 4.69) is 0 Å². The molecular weight excluding hydrogens is 504 g/mol. The van der Waals surface area contributed by atoms with Gasteiger partial charge < -0.3 is 59.4 Å². The minimum absolute atomic E-state index is 0.0387. The van der Waals surface area contributed by atoms with Crippen molar-refractivity contribution >= 4 is 0 Å². The molecule has 0 unspecified atom stereocenters. The fourth-order valence-electron chi connectivity index (χ4n) is 4.91. The van der Waals surface area contributed by atoms with Crippen molar-refractivity contribution in [2.45, 2.75) is 55.4 Å². The summed E-state index contributed by atoms with van der Waals surface area (Å²) in [7, 11) is 2.82. The van der Waals surface area contributed by atoms with Gasteiger partial charge in [-0.3, -0.25) is 0 Å². The summed E-state index contributed by atoms with van der Waals surface area (Å²) in [6, 6.07) is 9.48. The molecule has 0 spiro atoms. The van der Waals surface area contributed by atoms with Crippen LogP contribution in [-0.4, -0.2) is 99.7 Å². The van der Waals surface area contributed by atoms with E-state index in [1.54, 1.807) is 24.3 Å². The molecule has 2 saturated heterocycles. The molecule has 2 fully saturated rings. The second-order valence-electron chi connectivity index (χ2n) is 9.54. The number of rotatable bonds is 9. The zero-order chi connectivity index (χ0) is 27.6. The molecule has 4 rings (SSSR count). The smallest absolute Gasteiger partial charge is 0.229 e. The Balaban J connectivity index is 1.50. The lowest BCUT2D eigenvalue weighted by Gasteiger charge is -2.39. The van der Waals surface area contributed by atoms with Gasteiger partial charge >= 0.3 is 0 Å². The largest absolute Gasteiger partial charge is 0.504 e. The van der Waals surface area contributed by atoms with Crippen LogP contribution < -0.4 is 14.2 Å². The number of aromatic hydroxyl groups is 1. The number of methoxy groups -OCH3 is 2. The van der Waals surface area contributed by atoms with E-state index >= 15 is 0 Å². The Morgan fingerprint density at radius 3 is 2.29 bits per heavy atom. The normalized spacial score (nSPS) is 33.2. The molecule has 38 heavy (non-hydrogen) atoms. The molecule has 2 heterocycles. The van der Waals surface area contributed by atoms with Gasteiger partial charge in [-0.05, 0) is 35.4 Å². The summed E-state index contributed by atoms with van der Waals surface area (Å²) in [6.45, 7) is -0.822. The van der Waals surface area contributed by atoms with E-state index in [0.717, 1.165) is 0 Å². The molecule has 2 aromatic carbocycles. The fourth-order valence-corrected chi connectivity index (χ4v) is 4.91. The van der Waals surface area contributed by atoms with Crippen molar-refractivity contribution in [3.63, 3.8) is 0 Å². The van der Waals surface area contributed by atoms with Crippen LogP contribution in [-0.2, 0) is 15.9 Å². The number of aliphatic hydroxyl groups excluding tert-OH is 5. The third-order valence-corrected chi connectivity index (χ3v) is 6.92. The summed E-state index contributed by atoms with van der Waals surface area (Å²) in [4.78, 5) is 0. The lowest BCUT2D eigenvalue weighted by molar-refractivity contribution is -0.277. The Morgan fingerprint density at radius 1 is 0.895 bits per heavy atom. The van der Waals surface area contributed by atoms with Crippen LogP contribution in [0, 0.1) is 5.92 Å². The van der Waals surface area contributed by atoms with Crippen LogP contribution in [0.15, 0.2) is 36.4 Å². The van der Waals surface area contributed by atoms with Crippen LogP contribution in [0.2, 0.25) is 0 Å². The van der Waals surface area contributed by atoms with E-state index in [4.69, 9.17) is 23.7 Å². The van der Waals surface area contributed by atoms with Crippen LogP contribution in [0.3, 0.4) is 0 Å². The molecule has 0 radical (unpaired) electrons. The fraction of sp³-hybridized carbons (Fsp3) is 0.538. The predicted octanol–water partition coefficient (Wildman–Crippen LogP) is -0.411. The summed E-state index contributed by atoms with van der Waals surface area (Å²) in [6.07, 6.45) is -7.66. The van der Waals surface area contributed by atoms with Gasteiger partial charge in [0.15, 0.2) is 28.8 Å². The van der Waals surface area contributed by atoms with Crippen LogP contribution in [0.5, 0.6) is 23.0 Å². The van der Waals surface area contributed by atoms with Gasteiger partial charge in [-0.1, -0.05) is 12.1 Å². The van der Waals surface area contributed by atoms with Crippen LogP contribution in [0.4, 0.5) is 0 Å². The average Bonchev–Trinajstić information content (AvgIpc) is 3.26. The molecule has 0 bridgehead atoms. The van der Waals surface area contributed by atoms with Crippen molar-refractivity contribution in [2.24, 2.45) is 5.92 Å². The number of hydrogen-bond acceptors (Lipinski definition) is 12. The molecule has 0 amide bonds. The Labute approximate surface area is 219 Å². The highest BCUT2D eigenvalue weighted by Gasteiger charge is 2.47. The van der Waals surface area contributed by atoms with Crippen LogP contribution >= 0.6 is 0 Å². The van der Waals surface area contributed by atoms with Crippen molar-refractivity contribution in [2.75, 3.05) is 27.4 Å². The van der Waals surface area contributed by atoms with Gasteiger partial charge in [0, 0.05) is 25.4 Å². The topological polar surface area (TPSA) is 188 Å². The summed E-state index contributed by atoms with van der Waals surface area (Å²) in [5, 5.41) is 70.8. The molecule has 0 aliphatic carbocycles. The molecule has 2 aliphatic heterocycles. The van der Waals surface area contributed by atoms with Crippen molar-refractivity contribution in [3.05, 3.63) is 47.5 Å². The molecule has 210 valence electrons. The molecule has 0 saturated carbocycles. The van der Waals surface area contributed by atoms with Crippen molar-refractivity contribution < 1.29 is 59.4 Å². The second kappa shape index (κ2) is 11.6. The van der Waals surface area contributed by atoms with Gasteiger partial charge in [0.05, 0.1) is 26.9 Å². The van der Waals surface area contributed by atoms with Gasteiger partial charge in [-0.15, -0.1) is 0 Å². The van der Waals surface area contributed by atoms with E-state index < -0.39 is 55.1 Å². The third kappa shape index (κ3) is 5.67. The second-order valence-corrected chi connectivity index (χ2v) is 9.54. The number of phenolic OH excluding ortho intramolecular Hbond substituents is 1. The molecule has 12 heteroatoms. The van der Waals surface area contributed by atoms with Crippen molar-refractivity contribution in [3.8, 4) is 23.0 Å². The highest BCUT2D eigenvalue weighted by Crippen LogP contribution is 2.46. The SMILES string of the molecule is COc1cc([C@H]2O[C@](O)(Cc3ccc(O[C@@H]4O[C@H](CO)[C@@H](O)[C@H](O)[C@H]4O)c(OC)c3)C[C@@H]2CO)ccc1O. The van der Waals surface area contributed by atoms with E-state index in [0.29, 0.717) is 11.1 Å². The summed E-state index contributed by atoms with van der Waals surface area (Å²) in [5.41, 5.74) is 1.25. The molecule has 8 atom stereocenters. The van der Waals surface area contributed by atoms with E-state index in [9.17, 15) is 35.7 Å². The van der Waals surface area contributed by atoms with Gasteiger partial charge in [0.2, 0.25) is 6.29 Å². The zero-order valence-corrected chi connectivity index (χ0v) is 21.0. The predicted molar refractivity (Wildman–Crippen MR) is 130 cm³/mol. The van der Waals surface area contributed by atoms with E-state index in [1.807, 2.05) is 0 Å². The number of aliphatic hydroxyl groups is 6. The Hall–Kier alpha value is -2.68. The monoisotopic (exact) mass is 538 g/mol. The molecule has 0 aromatic heterocycles. The molecule has 2 aliphatic rings. The maximum Gasteiger partial charge on any atom is 0.229 e. The van der Waals surface area contributed by atoms with E-state index in [1.165, 1.54) is 26.4 Å². The van der Waals surface area contributed by atoms with Gasteiger partial charge in [0.25, 0.3) is 0 Å². The average molecular weight is 539 g/mol. The number of phenols is 1. The Morgan fingerprint density at radius 2 is 1.63 bits per heavy atom. The first-order valence-electron chi connectivity index (χ1n) is 12.1. The maximum atomic E-state index is 11.3. The first-order valence-corrected chi connectivity index (χ1v) is 12.1.